The van der Waals surface area contributed by atoms with Crippen molar-refractivity contribution in [1.82, 2.24) is 10.6 Å². The zero-order valence-corrected chi connectivity index (χ0v) is 19.4. The number of nitrogens with one attached hydrogen (secondary N) is 3. The average Bonchev–Trinajstić information content (AvgIpc) is 2.62. The van der Waals surface area contributed by atoms with Gasteiger partial charge in [-0.3, -0.25) is 0 Å². The minimum atomic E-state index is -0.802. The van der Waals surface area contributed by atoms with E-state index in [1.54, 1.807) is 0 Å². The van der Waals surface area contributed by atoms with Crippen molar-refractivity contribution < 1.29 is 19.5 Å². The molecule has 0 aromatic heterocycles. The number of hydrogen-bond donors (Lipinski definition) is 4. The number of halogens is 2. The molecule has 1 heterocycles. The monoisotopic (exact) mass is 496 g/mol. The van der Waals surface area contributed by atoms with Crippen molar-refractivity contribution in [2.45, 2.75) is 19.7 Å². The lowest BCUT2D eigenvalue weighted by atomic mass is 10.0. The highest BCUT2D eigenvalue weighted by atomic mass is 79.9. The van der Waals surface area contributed by atoms with E-state index in [1.807, 2.05) is 37.4 Å². The first kappa shape index (κ1) is 23.0. The van der Waals surface area contributed by atoms with Gasteiger partial charge in [0.25, 0.3) is 0 Å². The summed E-state index contributed by atoms with van der Waals surface area (Å²) < 4.78 is 6.99. The van der Waals surface area contributed by atoms with Crippen LogP contribution in [-0.4, -0.2) is 44.3 Å². The Balaban J connectivity index is 1.69. The molecule has 6 nitrogen and oxygen atoms in total. The smallest absolute Gasteiger partial charge is 0.359 e. The molecule has 1 aliphatic rings. The van der Waals surface area contributed by atoms with Gasteiger partial charge >= 0.3 is 5.97 Å². The molecule has 162 valence electrons. The number of rotatable bonds is 11. The van der Waals surface area contributed by atoms with Crippen molar-refractivity contribution in [1.29, 1.82) is 0 Å². The molecule has 0 aliphatic carbocycles. The second-order valence-corrected chi connectivity index (χ2v) is 9.16. The van der Waals surface area contributed by atoms with Gasteiger partial charge in [0.2, 0.25) is 0 Å². The van der Waals surface area contributed by atoms with Crippen LogP contribution in [0.4, 0.5) is 0 Å². The van der Waals surface area contributed by atoms with Gasteiger partial charge in [-0.2, -0.15) is 0 Å². The van der Waals surface area contributed by atoms with E-state index in [0.717, 1.165) is 58.0 Å². The highest BCUT2D eigenvalue weighted by molar-refractivity contribution is 9.10. The number of ether oxygens (including phenoxy) is 1. The Morgan fingerprint density at radius 2 is 2.07 bits per heavy atom. The number of aliphatic carboxylic acids is 1. The third-order valence-corrected chi connectivity index (χ3v) is 6.00. The molecule has 0 amide bonds. The molecule has 1 aliphatic heterocycles. The first-order valence-electron chi connectivity index (χ1n) is 10.0. The largest absolute Gasteiger partial charge is 0.489 e. The number of carboxylic acid groups (broad SMARTS) is 1. The molecule has 0 radical (unpaired) electrons. The number of benzene rings is 2. The molecule has 0 spiro atoms. The van der Waals surface area contributed by atoms with Crippen LogP contribution in [0.1, 0.15) is 16.7 Å². The topological polar surface area (TPSA) is 75.0 Å². The Kier molecular flexibility index (Phi) is 8.53. The van der Waals surface area contributed by atoms with Crippen molar-refractivity contribution in [3.05, 3.63) is 62.6 Å². The van der Waals surface area contributed by atoms with Gasteiger partial charge in [-0.25, -0.2) is 4.79 Å². The zero-order chi connectivity index (χ0) is 21.5. The van der Waals surface area contributed by atoms with Gasteiger partial charge in [0, 0.05) is 46.8 Å². The van der Waals surface area contributed by atoms with Gasteiger partial charge in [0.15, 0.2) is 6.54 Å². The molecule has 3 rings (SSSR count). The molecule has 1 atom stereocenters. The second-order valence-electron chi connectivity index (χ2n) is 7.87. The first-order valence-corrected chi connectivity index (χ1v) is 11.2. The molecule has 0 saturated carbocycles. The van der Waals surface area contributed by atoms with Crippen LogP contribution in [0.5, 0.6) is 5.75 Å². The highest BCUT2D eigenvalue weighted by Crippen LogP contribution is 2.24. The van der Waals surface area contributed by atoms with Crippen molar-refractivity contribution in [3.8, 4) is 5.75 Å². The van der Waals surface area contributed by atoms with Crippen molar-refractivity contribution in [2.24, 2.45) is 5.92 Å². The van der Waals surface area contributed by atoms with E-state index in [0.29, 0.717) is 24.1 Å². The summed E-state index contributed by atoms with van der Waals surface area (Å²) in [6, 6.07) is 11.8. The fraction of sp³-hybridized carbons (Fsp3) is 0.409. The van der Waals surface area contributed by atoms with Gasteiger partial charge in [-0.1, -0.05) is 33.6 Å². The lowest BCUT2D eigenvalue weighted by Gasteiger charge is -2.27. The molecule has 4 N–H and O–H groups in total. The predicted molar refractivity (Wildman–Crippen MR) is 121 cm³/mol. The second kappa shape index (κ2) is 11.1. The maximum Gasteiger partial charge on any atom is 0.359 e. The summed E-state index contributed by atoms with van der Waals surface area (Å²) in [5.41, 5.74) is 3.20. The third-order valence-electron chi connectivity index (χ3n) is 5.02. The van der Waals surface area contributed by atoms with Crippen LogP contribution in [-0.2, 0) is 24.5 Å². The molecular weight excluding hydrogens is 470 g/mol. The summed E-state index contributed by atoms with van der Waals surface area (Å²) in [6.07, 6.45) is 0. The van der Waals surface area contributed by atoms with Gasteiger partial charge in [0.05, 0.1) is 7.05 Å². The van der Waals surface area contributed by atoms with E-state index in [1.165, 1.54) is 0 Å². The fourth-order valence-electron chi connectivity index (χ4n) is 3.40. The predicted octanol–water partition coefficient (Wildman–Crippen LogP) is 2.09. The summed E-state index contributed by atoms with van der Waals surface area (Å²) in [5, 5.41) is 16.5. The molecule has 2 aromatic rings. The Morgan fingerprint density at radius 1 is 1.30 bits per heavy atom. The lowest BCUT2D eigenvalue weighted by molar-refractivity contribution is -0.886. The van der Waals surface area contributed by atoms with Gasteiger partial charge < -0.3 is 25.4 Å². The first-order chi connectivity index (χ1) is 14.4. The number of likely N-dealkylation sites (N-methyl/N-ethyl adjacent to an activating group) is 1. The quantitative estimate of drug-likeness (QED) is 0.383. The van der Waals surface area contributed by atoms with Crippen LogP contribution < -0.4 is 20.3 Å². The van der Waals surface area contributed by atoms with Crippen LogP contribution in [0.3, 0.4) is 0 Å². The van der Waals surface area contributed by atoms with Gasteiger partial charge in [-0.15, -0.1) is 0 Å². The molecular formula is C22H28BrClN3O3+. The summed E-state index contributed by atoms with van der Waals surface area (Å²) >= 11 is 9.55. The third kappa shape index (κ3) is 7.25. The highest BCUT2D eigenvalue weighted by Gasteiger charge is 2.16. The molecule has 1 fully saturated rings. The van der Waals surface area contributed by atoms with Crippen LogP contribution in [0, 0.1) is 5.92 Å². The average molecular weight is 498 g/mol. The van der Waals surface area contributed by atoms with Crippen LogP contribution in [0.2, 0.25) is 5.02 Å². The van der Waals surface area contributed by atoms with E-state index < -0.39 is 5.97 Å². The van der Waals surface area contributed by atoms with Crippen molar-refractivity contribution in [2.75, 3.05) is 33.2 Å². The summed E-state index contributed by atoms with van der Waals surface area (Å²) in [4.78, 5) is 11.9. The molecule has 1 saturated heterocycles. The fourth-order valence-corrected chi connectivity index (χ4v) is 4.20. The lowest BCUT2D eigenvalue weighted by Crippen LogP contribution is -3.08. The summed E-state index contributed by atoms with van der Waals surface area (Å²) in [7, 11) is 1.88. The number of carboxylic acids is 1. The number of quaternary nitrogens is 1. The Morgan fingerprint density at radius 3 is 2.73 bits per heavy atom. The SMILES string of the molecule is C[NH+](CC(=O)O)Cc1cc(CNCC2CNC2)cc(OCc2ccc(Cl)cc2Br)c1. The van der Waals surface area contributed by atoms with Crippen molar-refractivity contribution >= 4 is 33.5 Å². The maximum absolute atomic E-state index is 11.0. The normalized spacial score (nSPS) is 14.9. The van der Waals surface area contributed by atoms with Gasteiger partial charge in [0.1, 0.15) is 18.9 Å². The van der Waals surface area contributed by atoms with Crippen LogP contribution in [0.25, 0.3) is 0 Å². The van der Waals surface area contributed by atoms with Gasteiger partial charge in [-0.05, 0) is 41.8 Å². The van der Waals surface area contributed by atoms with E-state index in [4.69, 9.17) is 21.4 Å². The minimum absolute atomic E-state index is 0.0745. The molecule has 2 aromatic carbocycles. The van der Waals surface area contributed by atoms with Crippen LogP contribution >= 0.6 is 27.5 Å². The number of carbonyl (C=O) groups is 1. The number of hydrogen-bond acceptors (Lipinski definition) is 4. The molecule has 0 bridgehead atoms. The van der Waals surface area contributed by atoms with Crippen molar-refractivity contribution in [3.63, 3.8) is 0 Å². The molecule has 30 heavy (non-hydrogen) atoms. The molecule has 1 unspecified atom stereocenters. The zero-order valence-electron chi connectivity index (χ0n) is 17.0. The summed E-state index contributed by atoms with van der Waals surface area (Å²) in [6.45, 7) is 4.98. The standard InChI is InChI=1S/C22H27BrClN3O3/c1-27(13-22(28)29)12-16-4-15(8-25-9-17-10-26-11-17)5-20(6-16)30-14-18-2-3-19(24)7-21(18)23/h2-7,17,25-26H,8-14H2,1H3,(H,28,29)/p+1. The van der Waals surface area contributed by atoms with E-state index in [-0.39, 0.29) is 6.54 Å². The minimum Gasteiger partial charge on any atom is -0.489 e. The molecule has 8 heteroatoms. The maximum atomic E-state index is 11.0. The van der Waals surface area contributed by atoms with Crippen LogP contribution in [0.15, 0.2) is 40.9 Å². The van der Waals surface area contributed by atoms with E-state index in [2.05, 4.69) is 32.6 Å². The Bertz CT molecular complexity index is 877. The summed E-state index contributed by atoms with van der Waals surface area (Å²) in [5.74, 6) is 0.667. The Labute approximate surface area is 190 Å². The van der Waals surface area contributed by atoms with E-state index in [9.17, 15) is 4.79 Å². The Hall–Kier alpha value is -1.64. The van der Waals surface area contributed by atoms with E-state index >= 15 is 0 Å².